The van der Waals surface area contributed by atoms with Crippen LogP contribution in [0, 0.1) is 20.8 Å². The molecule has 3 aromatic heterocycles. The van der Waals surface area contributed by atoms with Crippen molar-refractivity contribution in [2.24, 2.45) is 15.3 Å². The molecule has 0 saturated carbocycles. The number of hydrogen-bond donors (Lipinski definition) is 0. The van der Waals surface area contributed by atoms with Gasteiger partial charge in [-0.2, -0.15) is 20.0 Å². The van der Waals surface area contributed by atoms with Gasteiger partial charge in [0.05, 0.1) is 30.9 Å². The molecule has 6 heterocycles. The highest BCUT2D eigenvalue weighted by atomic mass is 35.5. The van der Waals surface area contributed by atoms with Crippen LogP contribution in [0.5, 0.6) is 0 Å². The summed E-state index contributed by atoms with van der Waals surface area (Å²) in [4.78, 5) is 0. The van der Waals surface area contributed by atoms with E-state index in [-0.39, 0.29) is 0 Å². The molecule has 0 saturated heterocycles. The molecule has 0 unspecified atom stereocenters. The smallest absolute Gasteiger partial charge is 0.185 e. The van der Waals surface area contributed by atoms with Crippen molar-refractivity contribution in [1.29, 1.82) is 0 Å². The number of aryl methyl sites for hydroxylation is 3. The van der Waals surface area contributed by atoms with E-state index in [0.29, 0.717) is 19.4 Å². The minimum Gasteiger partial charge on any atom is -0.379 e. The van der Waals surface area contributed by atoms with Gasteiger partial charge in [0.1, 0.15) is 0 Å². The predicted molar refractivity (Wildman–Crippen MR) is 167 cm³/mol. The second-order valence-electron chi connectivity index (χ2n) is 10.6. The van der Waals surface area contributed by atoms with Crippen LogP contribution in [-0.2, 0) is 24.0 Å². The Morgan fingerprint density at radius 1 is 0.705 bits per heavy atom. The van der Waals surface area contributed by atoms with E-state index in [1.54, 1.807) is 16.5 Å². The molecule has 0 amide bonds. The summed E-state index contributed by atoms with van der Waals surface area (Å²) in [7, 11) is 1.67. The molecular formula is C30H31ClN12O. The van der Waals surface area contributed by atoms with Gasteiger partial charge in [0.15, 0.2) is 34.9 Å². The number of nitrogens with zero attached hydrogens (tertiary/aromatic N) is 12. The molecule has 8 rings (SSSR count). The molecule has 2 aromatic carbocycles. The molecule has 3 aliphatic heterocycles. The molecule has 5 aromatic rings. The first-order chi connectivity index (χ1) is 21.3. The fourth-order valence-corrected chi connectivity index (χ4v) is 5.21. The van der Waals surface area contributed by atoms with Crippen LogP contribution in [0.15, 0.2) is 63.8 Å². The highest BCUT2D eigenvalue weighted by Gasteiger charge is 2.22. The molecule has 0 atom stereocenters. The van der Waals surface area contributed by atoms with Gasteiger partial charge in [-0.1, -0.05) is 53.6 Å². The van der Waals surface area contributed by atoms with E-state index in [0.717, 1.165) is 74.7 Å². The van der Waals surface area contributed by atoms with Gasteiger partial charge < -0.3 is 4.74 Å². The number of fused-ring (bicyclic) bond motifs is 3. The molecule has 0 N–H and O–H groups in total. The van der Waals surface area contributed by atoms with Gasteiger partial charge >= 0.3 is 0 Å². The third kappa shape index (κ3) is 5.96. The molecule has 0 fully saturated rings. The second kappa shape index (κ2) is 12.4. The lowest BCUT2D eigenvalue weighted by atomic mass is 10.1. The number of hydrogen-bond acceptors (Lipinski definition) is 10. The summed E-state index contributed by atoms with van der Waals surface area (Å²) in [6, 6.07) is 15.9. The first kappa shape index (κ1) is 29.2. The third-order valence-corrected chi connectivity index (χ3v) is 7.36. The molecule has 13 nitrogen and oxygen atoms in total. The lowest BCUT2D eigenvalue weighted by Gasteiger charge is -2.01. The summed E-state index contributed by atoms with van der Waals surface area (Å²) in [6.45, 7) is 8.38. The predicted octanol–water partition coefficient (Wildman–Crippen LogP) is 4.08. The van der Waals surface area contributed by atoms with Crippen LogP contribution in [0.25, 0.3) is 11.4 Å². The van der Waals surface area contributed by atoms with Gasteiger partial charge in [0.25, 0.3) is 0 Å². The monoisotopic (exact) mass is 610 g/mol. The van der Waals surface area contributed by atoms with E-state index in [1.165, 1.54) is 5.56 Å². The Bertz CT molecular complexity index is 1930. The van der Waals surface area contributed by atoms with Crippen molar-refractivity contribution < 1.29 is 4.74 Å². The summed E-state index contributed by atoms with van der Waals surface area (Å²) in [5.41, 5.74) is 6.23. The fourth-order valence-electron chi connectivity index (χ4n) is 4.97. The van der Waals surface area contributed by atoms with E-state index in [4.69, 9.17) is 16.3 Å². The summed E-state index contributed by atoms with van der Waals surface area (Å²) >= 11 is 6.13. The van der Waals surface area contributed by atoms with E-state index < -0.39 is 0 Å². The van der Waals surface area contributed by atoms with Gasteiger partial charge in [-0.3, -0.25) is 0 Å². The summed E-state index contributed by atoms with van der Waals surface area (Å²) in [5.74, 6) is 5.16. The number of halogens is 1. The van der Waals surface area contributed by atoms with E-state index in [9.17, 15) is 0 Å². The largest absolute Gasteiger partial charge is 0.379 e. The first-order valence-corrected chi connectivity index (χ1v) is 14.4. The maximum atomic E-state index is 6.13. The van der Waals surface area contributed by atoms with Crippen molar-refractivity contribution in [3.63, 3.8) is 0 Å². The number of methoxy groups -OCH3 is 1. The van der Waals surface area contributed by atoms with Crippen molar-refractivity contribution in [2.45, 2.75) is 47.0 Å². The van der Waals surface area contributed by atoms with Gasteiger partial charge in [0.2, 0.25) is 0 Å². The number of rotatable bonds is 4. The van der Waals surface area contributed by atoms with Crippen molar-refractivity contribution in [2.75, 3.05) is 13.7 Å². The Labute approximate surface area is 259 Å². The molecule has 14 heteroatoms. The normalized spacial score (nSPS) is 14.0. The molecular weight excluding hydrogens is 580 g/mol. The Hall–Kier alpha value is -4.88. The van der Waals surface area contributed by atoms with Gasteiger partial charge in [-0.15, -0.1) is 30.6 Å². The van der Waals surface area contributed by atoms with E-state index >= 15 is 0 Å². The van der Waals surface area contributed by atoms with Crippen molar-refractivity contribution in [3.8, 4) is 11.4 Å². The van der Waals surface area contributed by atoms with Crippen LogP contribution in [-0.4, -0.2) is 75.5 Å². The molecule has 0 radical (unpaired) electrons. The standard InChI is InChI=1S/C13H14N4O.C11H9ClN4.C6H8N4/c1-9-4-3-5-10(6-9)13-15-14-12-7-11(8-18-2)16-17(12)13;1-7-13-14-11-6-10(15-16(7)11)8-4-2-3-5-9(8)12;1-4-3-6-8-7-5(2)10(6)9-4/h3-6H,7-8H2,1-2H3;2-5H,6H2,1H3;3H2,1-2H3. The number of benzene rings is 2. The quantitative estimate of drug-likeness (QED) is 0.299. The van der Waals surface area contributed by atoms with Crippen molar-refractivity contribution in [1.82, 2.24) is 44.6 Å². The lowest BCUT2D eigenvalue weighted by Crippen LogP contribution is -2.06. The summed E-state index contributed by atoms with van der Waals surface area (Å²) in [6.07, 6.45) is 2.25. The van der Waals surface area contributed by atoms with Crippen LogP contribution in [0.1, 0.15) is 47.2 Å². The number of ether oxygens (including phenoxy) is 1. The zero-order valence-electron chi connectivity index (χ0n) is 25.1. The Morgan fingerprint density at radius 2 is 1.39 bits per heavy atom. The highest BCUT2D eigenvalue weighted by Crippen LogP contribution is 2.23. The van der Waals surface area contributed by atoms with Crippen molar-refractivity contribution in [3.05, 3.63) is 93.8 Å². The number of aromatic nitrogens is 9. The SMILES string of the molecule is CC1=Nn2c(C)nnc2C1.COCC1=Nn2c(nnc2-c2cccc(C)c2)C1.Cc1nnc2n1N=C(c1ccccc1Cl)C2. The van der Waals surface area contributed by atoms with Crippen LogP contribution < -0.4 is 0 Å². The molecule has 0 bridgehead atoms. The average molecular weight is 611 g/mol. The van der Waals surface area contributed by atoms with Crippen molar-refractivity contribution >= 4 is 28.7 Å². The van der Waals surface area contributed by atoms with Gasteiger partial charge in [-0.05, 0) is 39.8 Å². The molecule has 0 spiro atoms. The van der Waals surface area contributed by atoms with Crippen LogP contribution in [0.4, 0.5) is 0 Å². The summed E-state index contributed by atoms with van der Waals surface area (Å²) < 4.78 is 10.5. The Balaban J connectivity index is 0.000000121. The molecule has 44 heavy (non-hydrogen) atoms. The second-order valence-corrected chi connectivity index (χ2v) is 11.0. The molecule has 0 aliphatic carbocycles. The zero-order chi connectivity index (χ0) is 30.8. The minimum atomic E-state index is 0.538. The van der Waals surface area contributed by atoms with Gasteiger partial charge in [0, 0.05) is 35.4 Å². The maximum Gasteiger partial charge on any atom is 0.185 e. The Kier molecular flexibility index (Phi) is 8.22. The average Bonchev–Trinajstić information content (AvgIpc) is 3.84. The Morgan fingerprint density at radius 3 is 2.07 bits per heavy atom. The maximum absolute atomic E-state index is 6.13. The first-order valence-electron chi connectivity index (χ1n) is 14.1. The topological polar surface area (TPSA) is 138 Å². The fraction of sp³-hybridized carbons (Fsp3) is 0.300. The molecule has 3 aliphatic rings. The van der Waals surface area contributed by atoms with E-state index in [1.807, 2.05) is 61.8 Å². The van der Waals surface area contributed by atoms with E-state index in [2.05, 4.69) is 65.0 Å². The highest BCUT2D eigenvalue weighted by molar-refractivity contribution is 6.34. The summed E-state index contributed by atoms with van der Waals surface area (Å²) in [5, 5.41) is 38.1. The van der Waals surface area contributed by atoms with Crippen LogP contribution in [0.3, 0.4) is 0 Å². The van der Waals surface area contributed by atoms with Crippen LogP contribution in [0.2, 0.25) is 5.02 Å². The minimum absolute atomic E-state index is 0.538. The lowest BCUT2D eigenvalue weighted by molar-refractivity contribution is 0.244. The molecule has 224 valence electrons. The van der Waals surface area contributed by atoms with Crippen LogP contribution >= 0.6 is 11.6 Å². The third-order valence-electron chi connectivity index (χ3n) is 7.03. The zero-order valence-corrected chi connectivity index (χ0v) is 25.9. The van der Waals surface area contributed by atoms with Gasteiger partial charge in [-0.25, -0.2) is 9.35 Å².